The molecule has 0 aliphatic heterocycles. The van der Waals surface area contributed by atoms with Crippen molar-refractivity contribution < 1.29 is 14.1 Å². The van der Waals surface area contributed by atoms with Gasteiger partial charge in [-0.2, -0.15) is 4.39 Å². The van der Waals surface area contributed by atoms with Crippen molar-refractivity contribution in [3.63, 3.8) is 0 Å². The fourth-order valence-electron chi connectivity index (χ4n) is 1.58. The lowest BCUT2D eigenvalue weighted by molar-refractivity contribution is -0.387. The number of nitro groups is 1. The molecule has 0 atom stereocenters. The van der Waals surface area contributed by atoms with Gasteiger partial charge in [-0.25, -0.2) is 0 Å². The number of rotatable bonds is 4. The zero-order valence-electron chi connectivity index (χ0n) is 10.2. The normalized spacial score (nSPS) is 10.1. The fraction of sp³-hybridized carbons (Fsp3) is 0.0769. The number of benzene rings is 1. The molecule has 0 saturated carbocycles. The van der Waals surface area contributed by atoms with Crippen LogP contribution in [0.15, 0.2) is 42.7 Å². The Morgan fingerprint density at radius 3 is 2.80 bits per heavy atom. The third-order valence-electron chi connectivity index (χ3n) is 2.58. The summed E-state index contributed by atoms with van der Waals surface area (Å²) in [5.41, 5.74) is 0.161. The molecule has 1 heterocycles. The molecule has 0 aliphatic carbocycles. The van der Waals surface area contributed by atoms with E-state index in [-0.39, 0.29) is 12.1 Å². The Hall–Kier alpha value is -2.83. The number of hydrogen-bond donors (Lipinski definition) is 1. The Labute approximate surface area is 113 Å². The highest BCUT2D eigenvalue weighted by atomic mass is 19.1. The number of pyridine rings is 1. The quantitative estimate of drug-likeness (QED) is 0.683. The zero-order valence-corrected chi connectivity index (χ0v) is 10.2. The molecule has 6 nitrogen and oxygen atoms in total. The van der Waals surface area contributed by atoms with Gasteiger partial charge >= 0.3 is 5.69 Å². The number of halogens is 1. The van der Waals surface area contributed by atoms with Gasteiger partial charge in [-0.3, -0.25) is 19.9 Å². The highest BCUT2D eigenvalue weighted by Gasteiger charge is 2.16. The molecule has 102 valence electrons. The Balaban J connectivity index is 2.06. The van der Waals surface area contributed by atoms with Crippen LogP contribution < -0.4 is 5.32 Å². The summed E-state index contributed by atoms with van der Waals surface area (Å²) in [7, 11) is 0. The zero-order chi connectivity index (χ0) is 14.5. The van der Waals surface area contributed by atoms with Crippen LogP contribution in [0, 0.1) is 15.9 Å². The summed E-state index contributed by atoms with van der Waals surface area (Å²) in [6, 6.07) is 6.53. The molecule has 20 heavy (non-hydrogen) atoms. The third-order valence-corrected chi connectivity index (χ3v) is 2.58. The standard InChI is InChI=1S/C13H10FN3O3/c14-11-6-10(3-4-12(11)17(19)20)13(18)16-8-9-2-1-5-15-7-9/h1-7H,8H2,(H,16,18). The SMILES string of the molecule is O=C(NCc1cccnc1)c1ccc([N+](=O)[O-])c(F)c1. The number of nitrogens with one attached hydrogen (secondary N) is 1. The molecule has 1 N–H and O–H groups in total. The molecule has 1 amide bonds. The summed E-state index contributed by atoms with van der Waals surface area (Å²) >= 11 is 0. The minimum Gasteiger partial charge on any atom is -0.348 e. The summed E-state index contributed by atoms with van der Waals surface area (Å²) < 4.78 is 13.4. The van der Waals surface area contributed by atoms with Crippen molar-refractivity contribution in [1.82, 2.24) is 10.3 Å². The molecule has 0 spiro atoms. The second kappa shape index (κ2) is 5.87. The minimum atomic E-state index is -1.04. The van der Waals surface area contributed by atoms with Crippen LogP contribution in [0.4, 0.5) is 10.1 Å². The van der Waals surface area contributed by atoms with E-state index in [1.54, 1.807) is 24.5 Å². The van der Waals surface area contributed by atoms with Gasteiger partial charge in [-0.05, 0) is 23.8 Å². The molecule has 2 aromatic rings. The average Bonchev–Trinajstić information content (AvgIpc) is 2.45. The largest absolute Gasteiger partial charge is 0.348 e. The van der Waals surface area contributed by atoms with Crippen molar-refractivity contribution in [2.45, 2.75) is 6.54 Å². The molecule has 1 aromatic heterocycles. The number of carbonyl (C=O) groups is 1. The molecule has 7 heteroatoms. The van der Waals surface area contributed by atoms with E-state index >= 15 is 0 Å². The van der Waals surface area contributed by atoms with Crippen molar-refractivity contribution in [2.75, 3.05) is 0 Å². The number of nitrogens with zero attached hydrogens (tertiary/aromatic N) is 2. The maximum absolute atomic E-state index is 13.4. The van der Waals surface area contributed by atoms with E-state index in [1.807, 2.05) is 0 Å². The average molecular weight is 275 g/mol. The Morgan fingerprint density at radius 1 is 1.40 bits per heavy atom. The molecule has 0 bridgehead atoms. The molecule has 0 radical (unpaired) electrons. The second-order valence-corrected chi connectivity index (χ2v) is 3.97. The second-order valence-electron chi connectivity index (χ2n) is 3.97. The summed E-state index contributed by atoms with van der Waals surface area (Å²) in [5, 5.41) is 13.0. The number of nitro benzene ring substituents is 1. The Bertz CT molecular complexity index is 647. The monoisotopic (exact) mass is 275 g/mol. The molecular formula is C13H10FN3O3. The molecule has 0 saturated heterocycles. The third kappa shape index (κ3) is 3.14. The van der Waals surface area contributed by atoms with E-state index in [9.17, 15) is 19.3 Å². The summed E-state index contributed by atoms with van der Waals surface area (Å²) in [6.45, 7) is 0.241. The van der Waals surface area contributed by atoms with Gasteiger partial charge in [0.05, 0.1) is 4.92 Å². The summed E-state index contributed by atoms with van der Waals surface area (Å²) in [6.07, 6.45) is 3.20. The molecule has 0 aliphatic rings. The van der Waals surface area contributed by atoms with E-state index < -0.39 is 22.3 Å². The van der Waals surface area contributed by atoms with Crippen LogP contribution in [-0.2, 0) is 6.54 Å². The first-order valence-electron chi connectivity index (χ1n) is 5.69. The smallest absolute Gasteiger partial charge is 0.304 e. The highest BCUT2D eigenvalue weighted by Crippen LogP contribution is 2.17. The number of hydrogen-bond acceptors (Lipinski definition) is 4. The highest BCUT2D eigenvalue weighted by molar-refractivity contribution is 5.94. The molecular weight excluding hydrogens is 265 g/mol. The lowest BCUT2D eigenvalue weighted by Gasteiger charge is -2.05. The molecule has 2 rings (SSSR count). The van der Waals surface area contributed by atoms with Crippen LogP contribution in [0.1, 0.15) is 15.9 Å². The maximum atomic E-state index is 13.4. The van der Waals surface area contributed by atoms with Crippen LogP contribution in [0.3, 0.4) is 0 Å². The van der Waals surface area contributed by atoms with Crippen LogP contribution in [-0.4, -0.2) is 15.8 Å². The van der Waals surface area contributed by atoms with Gasteiger partial charge in [0.1, 0.15) is 0 Å². The van der Waals surface area contributed by atoms with Gasteiger partial charge in [-0.1, -0.05) is 6.07 Å². The van der Waals surface area contributed by atoms with E-state index in [4.69, 9.17) is 0 Å². The predicted octanol–water partition coefficient (Wildman–Crippen LogP) is 2.06. The lowest BCUT2D eigenvalue weighted by atomic mass is 10.2. The van der Waals surface area contributed by atoms with Gasteiger partial charge in [0.25, 0.3) is 5.91 Å². The van der Waals surface area contributed by atoms with Crippen molar-refractivity contribution in [2.24, 2.45) is 0 Å². The van der Waals surface area contributed by atoms with Gasteiger partial charge < -0.3 is 5.32 Å². The van der Waals surface area contributed by atoms with E-state index in [1.165, 1.54) is 6.07 Å². The van der Waals surface area contributed by atoms with Crippen LogP contribution in [0.25, 0.3) is 0 Å². The number of aromatic nitrogens is 1. The first-order valence-corrected chi connectivity index (χ1v) is 5.69. The Morgan fingerprint density at radius 2 is 2.20 bits per heavy atom. The maximum Gasteiger partial charge on any atom is 0.304 e. The van der Waals surface area contributed by atoms with Gasteiger partial charge in [0.15, 0.2) is 0 Å². The lowest BCUT2D eigenvalue weighted by Crippen LogP contribution is -2.23. The van der Waals surface area contributed by atoms with E-state index in [2.05, 4.69) is 10.3 Å². The topological polar surface area (TPSA) is 85.1 Å². The van der Waals surface area contributed by atoms with Crippen LogP contribution in [0.5, 0.6) is 0 Å². The van der Waals surface area contributed by atoms with Crippen molar-refractivity contribution in [3.8, 4) is 0 Å². The molecule has 0 fully saturated rings. The van der Waals surface area contributed by atoms with Gasteiger partial charge in [0.2, 0.25) is 5.82 Å². The predicted molar refractivity (Wildman–Crippen MR) is 68.5 cm³/mol. The van der Waals surface area contributed by atoms with Crippen LogP contribution >= 0.6 is 0 Å². The molecule has 0 unspecified atom stereocenters. The summed E-state index contributed by atoms with van der Waals surface area (Å²) in [4.78, 5) is 25.3. The molecule has 1 aromatic carbocycles. The van der Waals surface area contributed by atoms with Crippen molar-refractivity contribution in [1.29, 1.82) is 0 Å². The van der Waals surface area contributed by atoms with Crippen molar-refractivity contribution in [3.05, 3.63) is 69.8 Å². The van der Waals surface area contributed by atoms with Crippen LogP contribution in [0.2, 0.25) is 0 Å². The summed E-state index contributed by atoms with van der Waals surface area (Å²) in [5.74, 6) is -1.55. The van der Waals surface area contributed by atoms with Gasteiger partial charge in [0, 0.05) is 30.6 Å². The minimum absolute atomic E-state index is 0.0250. The van der Waals surface area contributed by atoms with E-state index in [0.29, 0.717) is 0 Å². The fourth-order valence-corrected chi connectivity index (χ4v) is 1.58. The van der Waals surface area contributed by atoms with Gasteiger partial charge in [-0.15, -0.1) is 0 Å². The first kappa shape index (κ1) is 13.6. The number of amides is 1. The van der Waals surface area contributed by atoms with Crippen molar-refractivity contribution >= 4 is 11.6 Å². The first-order chi connectivity index (χ1) is 9.58. The number of carbonyl (C=O) groups excluding carboxylic acids is 1. The Kier molecular flexibility index (Phi) is 3.99. The van der Waals surface area contributed by atoms with E-state index in [0.717, 1.165) is 17.7 Å².